The van der Waals surface area contributed by atoms with Gasteiger partial charge in [-0.25, -0.2) is 13.8 Å². The third-order valence-electron chi connectivity index (χ3n) is 3.27. The van der Waals surface area contributed by atoms with E-state index in [-0.39, 0.29) is 11.4 Å². The zero-order valence-corrected chi connectivity index (χ0v) is 12.2. The highest BCUT2D eigenvalue weighted by Gasteiger charge is 2.17. The molecule has 20 heavy (non-hydrogen) atoms. The highest BCUT2D eigenvalue weighted by Crippen LogP contribution is 2.26. The van der Waals surface area contributed by atoms with Gasteiger partial charge in [-0.1, -0.05) is 0 Å². The Bertz CT molecular complexity index is 779. The lowest BCUT2D eigenvalue weighted by Crippen LogP contribution is -2.05. The molecule has 3 rings (SSSR count). The van der Waals surface area contributed by atoms with Gasteiger partial charge in [-0.3, -0.25) is 0 Å². The molecule has 0 spiro atoms. The molecule has 0 saturated heterocycles. The number of hydrogen-bond acceptors (Lipinski definition) is 2. The maximum absolute atomic E-state index is 14.1. The molecular weight excluding hydrogens is 302 g/mol. The minimum Gasteiger partial charge on any atom is -0.319 e. The Balaban J connectivity index is 2.22. The average molecular weight is 313 g/mol. The number of alkyl halides is 1. The van der Waals surface area contributed by atoms with Crippen molar-refractivity contribution in [1.82, 2.24) is 9.55 Å². The van der Waals surface area contributed by atoms with Crippen LogP contribution in [0.15, 0.2) is 23.6 Å². The zero-order chi connectivity index (χ0) is 14.3. The fourth-order valence-corrected chi connectivity index (χ4v) is 3.29. The molecule has 2 aromatic heterocycles. The number of fused-ring (bicyclic) bond motifs is 1. The van der Waals surface area contributed by atoms with Crippen LogP contribution in [-0.4, -0.2) is 9.55 Å². The number of nitrogens with zero attached hydrogens (tertiary/aromatic N) is 2. The summed E-state index contributed by atoms with van der Waals surface area (Å²) < 4.78 is 29.2. The van der Waals surface area contributed by atoms with Crippen LogP contribution in [0.3, 0.4) is 0 Å². The van der Waals surface area contributed by atoms with Gasteiger partial charge in [-0.2, -0.15) is 0 Å². The van der Waals surface area contributed by atoms with Crippen molar-refractivity contribution in [2.75, 3.05) is 0 Å². The van der Waals surface area contributed by atoms with Crippen LogP contribution in [0.5, 0.6) is 0 Å². The predicted octanol–water partition coefficient (Wildman–Crippen LogP) is 4.47. The van der Waals surface area contributed by atoms with Gasteiger partial charge in [-0.05, 0) is 36.1 Å². The van der Waals surface area contributed by atoms with E-state index in [0.29, 0.717) is 17.9 Å². The molecule has 0 radical (unpaired) electrons. The molecular formula is C14H11ClF2N2S. The molecule has 0 unspecified atom stereocenters. The first-order chi connectivity index (χ1) is 9.61. The molecule has 0 N–H and O–H groups in total. The van der Waals surface area contributed by atoms with Crippen LogP contribution < -0.4 is 0 Å². The van der Waals surface area contributed by atoms with Crippen LogP contribution in [0.4, 0.5) is 8.78 Å². The van der Waals surface area contributed by atoms with Crippen LogP contribution in [0.1, 0.15) is 16.3 Å². The lowest BCUT2D eigenvalue weighted by atomic mass is 10.2. The Morgan fingerprint density at radius 3 is 2.75 bits per heavy atom. The van der Waals surface area contributed by atoms with Crippen molar-refractivity contribution in [1.29, 1.82) is 0 Å². The second-order valence-electron chi connectivity index (χ2n) is 4.50. The average Bonchev–Trinajstić information content (AvgIpc) is 2.99. The van der Waals surface area contributed by atoms with Crippen LogP contribution >= 0.6 is 22.9 Å². The van der Waals surface area contributed by atoms with Crippen molar-refractivity contribution < 1.29 is 8.78 Å². The van der Waals surface area contributed by atoms with Crippen molar-refractivity contribution in [2.45, 2.75) is 19.3 Å². The Kier molecular flexibility index (Phi) is 3.48. The van der Waals surface area contributed by atoms with Gasteiger partial charge in [-0.15, -0.1) is 22.9 Å². The van der Waals surface area contributed by atoms with Gasteiger partial charge < -0.3 is 4.57 Å². The lowest BCUT2D eigenvalue weighted by Gasteiger charge is -2.08. The van der Waals surface area contributed by atoms with Gasteiger partial charge in [0.15, 0.2) is 11.6 Å². The monoisotopic (exact) mass is 312 g/mol. The highest BCUT2D eigenvalue weighted by atomic mass is 35.5. The molecule has 1 aromatic carbocycles. The Labute approximate surface area is 123 Å². The van der Waals surface area contributed by atoms with Crippen molar-refractivity contribution in [2.24, 2.45) is 0 Å². The van der Waals surface area contributed by atoms with Crippen LogP contribution in [-0.2, 0) is 12.4 Å². The maximum Gasteiger partial charge on any atom is 0.184 e. The first-order valence-corrected chi connectivity index (χ1v) is 7.45. The van der Waals surface area contributed by atoms with Gasteiger partial charge in [0.05, 0.1) is 17.9 Å². The molecule has 0 aliphatic carbocycles. The van der Waals surface area contributed by atoms with E-state index in [2.05, 4.69) is 4.98 Å². The summed E-state index contributed by atoms with van der Waals surface area (Å²) in [4.78, 5) is 5.36. The summed E-state index contributed by atoms with van der Waals surface area (Å²) in [5.41, 5.74) is 1.72. The molecule has 0 bridgehead atoms. The standard InChI is InChI=1S/C14H11ClF2N2S/c1-8-4-5-20-11(8)7-19-12(6-15)18-10-3-2-9(16)13(17)14(10)19/h2-5H,6-7H2,1H3. The molecule has 2 nitrogen and oxygen atoms in total. The van der Waals surface area contributed by atoms with Gasteiger partial charge in [0, 0.05) is 4.88 Å². The Morgan fingerprint density at radius 1 is 1.30 bits per heavy atom. The highest BCUT2D eigenvalue weighted by molar-refractivity contribution is 7.10. The maximum atomic E-state index is 14.1. The van der Waals surface area contributed by atoms with Crippen molar-refractivity contribution in [3.05, 3.63) is 51.5 Å². The molecule has 0 atom stereocenters. The zero-order valence-electron chi connectivity index (χ0n) is 10.7. The number of thiophene rings is 1. The first kappa shape index (κ1) is 13.5. The third-order valence-corrected chi connectivity index (χ3v) is 4.51. The number of aromatic nitrogens is 2. The second kappa shape index (κ2) is 5.14. The minimum atomic E-state index is -0.874. The molecule has 104 valence electrons. The second-order valence-corrected chi connectivity index (χ2v) is 5.77. The summed E-state index contributed by atoms with van der Waals surface area (Å²) >= 11 is 7.46. The van der Waals surface area contributed by atoms with E-state index in [4.69, 9.17) is 11.6 Å². The summed E-state index contributed by atoms with van der Waals surface area (Å²) in [7, 11) is 0. The van der Waals surface area contributed by atoms with Crippen molar-refractivity contribution in [3.8, 4) is 0 Å². The van der Waals surface area contributed by atoms with E-state index in [1.54, 1.807) is 15.9 Å². The van der Waals surface area contributed by atoms with Gasteiger partial charge in [0.1, 0.15) is 11.3 Å². The Hall–Kier alpha value is -1.46. The smallest absolute Gasteiger partial charge is 0.184 e. The molecule has 0 saturated carbocycles. The molecule has 0 amide bonds. The summed E-state index contributed by atoms with van der Waals surface area (Å²) in [5, 5.41) is 1.97. The van der Waals surface area contributed by atoms with E-state index in [1.165, 1.54) is 6.07 Å². The largest absolute Gasteiger partial charge is 0.319 e. The quantitative estimate of drug-likeness (QED) is 0.652. The number of rotatable bonds is 3. The summed E-state index contributed by atoms with van der Waals surface area (Å²) in [6.45, 7) is 2.44. The van der Waals surface area contributed by atoms with Gasteiger partial charge in [0.25, 0.3) is 0 Å². The van der Waals surface area contributed by atoms with E-state index in [9.17, 15) is 8.78 Å². The lowest BCUT2D eigenvalue weighted by molar-refractivity contribution is 0.512. The van der Waals surface area contributed by atoms with E-state index in [1.807, 2.05) is 18.4 Å². The fourth-order valence-electron chi connectivity index (χ4n) is 2.19. The van der Waals surface area contributed by atoms with Gasteiger partial charge >= 0.3 is 0 Å². The number of halogens is 3. The topological polar surface area (TPSA) is 17.8 Å². The molecule has 3 aromatic rings. The molecule has 2 heterocycles. The predicted molar refractivity (Wildman–Crippen MR) is 77.4 cm³/mol. The third kappa shape index (κ3) is 2.11. The van der Waals surface area contributed by atoms with Crippen LogP contribution in [0.25, 0.3) is 11.0 Å². The molecule has 6 heteroatoms. The van der Waals surface area contributed by atoms with Crippen molar-refractivity contribution in [3.63, 3.8) is 0 Å². The van der Waals surface area contributed by atoms with E-state index < -0.39 is 11.6 Å². The fraction of sp³-hybridized carbons (Fsp3) is 0.214. The summed E-state index contributed by atoms with van der Waals surface area (Å²) in [5.74, 6) is -1.05. The van der Waals surface area contributed by atoms with E-state index in [0.717, 1.165) is 16.5 Å². The summed E-state index contributed by atoms with van der Waals surface area (Å²) in [6, 6.07) is 4.56. The summed E-state index contributed by atoms with van der Waals surface area (Å²) in [6.07, 6.45) is 0. The molecule has 0 aliphatic heterocycles. The van der Waals surface area contributed by atoms with E-state index >= 15 is 0 Å². The number of imidazole rings is 1. The van der Waals surface area contributed by atoms with Crippen LogP contribution in [0.2, 0.25) is 0 Å². The normalized spacial score (nSPS) is 11.4. The van der Waals surface area contributed by atoms with Crippen LogP contribution in [0, 0.1) is 18.6 Å². The number of hydrogen-bond donors (Lipinski definition) is 0. The molecule has 0 aliphatic rings. The SMILES string of the molecule is Cc1ccsc1Cn1c(CCl)nc2ccc(F)c(F)c21. The van der Waals surface area contributed by atoms with Gasteiger partial charge in [0.2, 0.25) is 0 Å². The van der Waals surface area contributed by atoms with Crippen molar-refractivity contribution >= 4 is 34.0 Å². The first-order valence-electron chi connectivity index (χ1n) is 6.04. The number of benzene rings is 1. The minimum absolute atomic E-state index is 0.153. The molecule has 0 fully saturated rings. The number of aryl methyl sites for hydroxylation is 1. The Morgan fingerprint density at radius 2 is 2.10 bits per heavy atom.